The second-order valence-corrected chi connectivity index (χ2v) is 3.30. The summed E-state index contributed by atoms with van der Waals surface area (Å²) >= 11 is 0. The first-order chi connectivity index (χ1) is 7.72. The molecule has 0 radical (unpaired) electrons. The monoisotopic (exact) mass is 213 g/mol. The number of halogens is 1. The smallest absolute Gasteiger partial charge is 0.162 e. The van der Waals surface area contributed by atoms with Crippen molar-refractivity contribution in [1.82, 2.24) is 9.97 Å². The minimum absolute atomic E-state index is 0.00241. The summed E-state index contributed by atoms with van der Waals surface area (Å²) in [6.45, 7) is 1.80. The van der Waals surface area contributed by atoms with E-state index in [1.165, 1.54) is 6.07 Å². The average molecular weight is 213 g/mol. The van der Waals surface area contributed by atoms with Crippen LogP contribution in [0.1, 0.15) is 11.3 Å². The maximum absolute atomic E-state index is 13.8. The largest absolute Gasteiger partial charge is 0.236 e. The summed E-state index contributed by atoms with van der Waals surface area (Å²) in [4.78, 5) is 8.10. The highest BCUT2D eigenvalue weighted by Crippen LogP contribution is 2.21. The van der Waals surface area contributed by atoms with Gasteiger partial charge < -0.3 is 0 Å². The van der Waals surface area contributed by atoms with Gasteiger partial charge in [0.25, 0.3) is 0 Å². The van der Waals surface area contributed by atoms with Crippen molar-refractivity contribution in [2.45, 2.75) is 6.92 Å². The Balaban J connectivity index is 2.62. The van der Waals surface area contributed by atoms with Gasteiger partial charge >= 0.3 is 0 Å². The van der Waals surface area contributed by atoms with Crippen molar-refractivity contribution >= 4 is 0 Å². The summed E-state index contributed by atoms with van der Waals surface area (Å²) < 4.78 is 13.8. The first-order valence-electron chi connectivity index (χ1n) is 4.71. The Morgan fingerprint density at radius 3 is 2.81 bits per heavy atom. The molecule has 2 rings (SSSR count). The van der Waals surface area contributed by atoms with Gasteiger partial charge in [-0.1, -0.05) is 6.07 Å². The molecule has 0 N–H and O–H groups in total. The molecule has 0 spiro atoms. The van der Waals surface area contributed by atoms with Crippen LogP contribution in [0, 0.1) is 24.1 Å². The number of aryl methyl sites for hydroxylation is 1. The molecule has 2 aromatic rings. The molecule has 1 heterocycles. The molecule has 0 saturated heterocycles. The Morgan fingerprint density at radius 2 is 2.12 bits per heavy atom. The first-order valence-corrected chi connectivity index (χ1v) is 4.71. The van der Waals surface area contributed by atoms with Crippen molar-refractivity contribution in [1.29, 1.82) is 5.26 Å². The fourth-order valence-electron chi connectivity index (χ4n) is 1.37. The highest BCUT2D eigenvalue weighted by atomic mass is 19.1. The van der Waals surface area contributed by atoms with E-state index in [0.717, 1.165) is 5.69 Å². The number of hydrogen-bond acceptors (Lipinski definition) is 3. The Bertz CT molecular complexity index is 573. The standard InChI is InChI=1S/C12H8FN3/c1-8-5-6-15-12(16-8)10-4-2-3-9(7-14)11(10)13/h2-6H,1H3. The minimum Gasteiger partial charge on any atom is -0.236 e. The maximum atomic E-state index is 13.8. The molecule has 0 unspecified atom stereocenters. The van der Waals surface area contributed by atoms with Crippen LogP contribution in [0.3, 0.4) is 0 Å². The third-order valence-electron chi connectivity index (χ3n) is 2.15. The van der Waals surface area contributed by atoms with Crippen LogP contribution in [0.2, 0.25) is 0 Å². The Kier molecular flexibility index (Phi) is 2.61. The van der Waals surface area contributed by atoms with Crippen molar-refractivity contribution in [3.8, 4) is 17.5 Å². The molecule has 0 bridgehead atoms. The van der Waals surface area contributed by atoms with Crippen LogP contribution in [-0.4, -0.2) is 9.97 Å². The SMILES string of the molecule is Cc1ccnc(-c2cccc(C#N)c2F)n1. The number of benzene rings is 1. The molecule has 0 amide bonds. The van der Waals surface area contributed by atoms with Crippen molar-refractivity contribution in [2.24, 2.45) is 0 Å². The highest BCUT2D eigenvalue weighted by Gasteiger charge is 2.11. The number of nitrogens with zero attached hydrogens (tertiary/aromatic N) is 3. The fourth-order valence-corrected chi connectivity index (χ4v) is 1.37. The highest BCUT2D eigenvalue weighted by molar-refractivity contribution is 5.59. The summed E-state index contributed by atoms with van der Waals surface area (Å²) in [5.41, 5.74) is 1.01. The summed E-state index contributed by atoms with van der Waals surface area (Å²) in [7, 11) is 0. The lowest BCUT2D eigenvalue weighted by Crippen LogP contribution is -1.95. The van der Waals surface area contributed by atoms with Gasteiger partial charge in [0.05, 0.1) is 11.1 Å². The molecular formula is C12H8FN3. The molecule has 16 heavy (non-hydrogen) atoms. The van der Waals surface area contributed by atoms with Gasteiger partial charge in [0.2, 0.25) is 0 Å². The normalized spacial score (nSPS) is 9.81. The first kappa shape index (κ1) is 10.2. The quantitative estimate of drug-likeness (QED) is 0.731. The van der Waals surface area contributed by atoms with Crippen LogP contribution in [0.4, 0.5) is 4.39 Å². The van der Waals surface area contributed by atoms with Gasteiger partial charge in [0.1, 0.15) is 6.07 Å². The van der Waals surface area contributed by atoms with E-state index in [2.05, 4.69) is 9.97 Å². The molecule has 1 aromatic heterocycles. The van der Waals surface area contributed by atoms with E-state index in [4.69, 9.17) is 5.26 Å². The molecule has 0 aliphatic heterocycles. The molecule has 1 aromatic carbocycles. The van der Waals surface area contributed by atoms with E-state index in [0.29, 0.717) is 5.82 Å². The lowest BCUT2D eigenvalue weighted by atomic mass is 10.1. The predicted octanol–water partition coefficient (Wildman–Crippen LogP) is 2.46. The van der Waals surface area contributed by atoms with E-state index < -0.39 is 5.82 Å². The number of nitriles is 1. The van der Waals surface area contributed by atoms with Crippen LogP contribution in [0.5, 0.6) is 0 Å². The van der Waals surface area contributed by atoms with E-state index >= 15 is 0 Å². The number of hydrogen-bond donors (Lipinski definition) is 0. The maximum Gasteiger partial charge on any atom is 0.162 e. The average Bonchev–Trinajstić information content (AvgIpc) is 2.29. The molecule has 0 fully saturated rings. The minimum atomic E-state index is -0.574. The molecule has 0 atom stereocenters. The molecule has 0 aliphatic rings. The predicted molar refractivity (Wildman–Crippen MR) is 56.9 cm³/mol. The lowest BCUT2D eigenvalue weighted by Gasteiger charge is -2.03. The van der Waals surface area contributed by atoms with Gasteiger partial charge in [-0.05, 0) is 25.1 Å². The third-order valence-corrected chi connectivity index (χ3v) is 2.15. The van der Waals surface area contributed by atoms with Gasteiger partial charge in [-0.25, -0.2) is 14.4 Å². The summed E-state index contributed by atoms with van der Waals surface area (Å²) in [5, 5.41) is 8.71. The van der Waals surface area contributed by atoms with Crippen molar-refractivity contribution in [3.05, 3.63) is 47.5 Å². The van der Waals surface area contributed by atoms with Crippen LogP contribution in [-0.2, 0) is 0 Å². The number of aromatic nitrogens is 2. The topological polar surface area (TPSA) is 49.6 Å². The van der Waals surface area contributed by atoms with Crippen LogP contribution < -0.4 is 0 Å². The van der Waals surface area contributed by atoms with E-state index in [1.54, 1.807) is 37.4 Å². The Morgan fingerprint density at radius 1 is 1.31 bits per heavy atom. The van der Waals surface area contributed by atoms with Crippen molar-refractivity contribution < 1.29 is 4.39 Å². The van der Waals surface area contributed by atoms with Gasteiger partial charge in [-0.3, -0.25) is 0 Å². The summed E-state index contributed by atoms with van der Waals surface area (Å²) in [5.74, 6) is -0.273. The molecule has 78 valence electrons. The van der Waals surface area contributed by atoms with Crippen LogP contribution >= 0.6 is 0 Å². The molecule has 0 aliphatic carbocycles. The summed E-state index contributed by atoms with van der Waals surface area (Å²) in [6, 6.07) is 8.12. The van der Waals surface area contributed by atoms with E-state index in [1.807, 2.05) is 0 Å². The van der Waals surface area contributed by atoms with Gasteiger partial charge in [0, 0.05) is 11.9 Å². The Hall–Kier alpha value is -2.28. The third kappa shape index (κ3) is 1.75. The fraction of sp³-hybridized carbons (Fsp3) is 0.0833. The second-order valence-electron chi connectivity index (χ2n) is 3.30. The van der Waals surface area contributed by atoms with Gasteiger partial charge in [-0.15, -0.1) is 0 Å². The van der Waals surface area contributed by atoms with E-state index in [9.17, 15) is 4.39 Å². The zero-order chi connectivity index (χ0) is 11.5. The zero-order valence-electron chi connectivity index (χ0n) is 8.61. The molecule has 3 nitrogen and oxygen atoms in total. The molecule has 4 heteroatoms. The molecule has 0 saturated carbocycles. The van der Waals surface area contributed by atoms with Crippen molar-refractivity contribution in [2.75, 3.05) is 0 Å². The van der Waals surface area contributed by atoms with Gasteiger partial charge in [-0.2, -0.15) is 5.26 Å². The summed E-state index contributed by atoms with van der Waals surface area (Å²) in [6.07, 6.45) is 1.57. The van der Waals surface area contributed by atoms with Crippen LogP contribution in [0.15, 0.2) is 30.5 Å². The number of rotatable bonds is 1. The van der Waals surface area contributed by atoms with E-state index in [-0.39, 0.29) is 11.1 Å². The second kappa shape index (κ2) is 4.07. The van der Waals surface area contributed by atoms with Crippen LogP contribution in [0.25, 0.3) is 11.4 Å². The molecular weight excluding hydrogens is 205 g/mol. The van der Waals surface area contributed by atoms with Crippen molar-refractivity contribution in [3.63, 3.8) is 0 Å². The lowest BCUT2D eigenvalue weighted by molar-refractivity contribution is 0.626. The van der Waals surface area contributed by atoms with Gasteiger partial charge in [0.15, 0.2) is 11.6 Å². The zero-order valence-corrected chi connectivity index (χ0v) is 8.61. The Labute approximate surface area is 92.2 Å².